The van der Waals surface area contributed by atoms with Crippen LogP contribution in [0.25, 0.3) is 0 Å². The first kappa shape index (κ1) is 4.77. The maximum absolute atomic E-state index is 3.28. The first-order chi connectivity index (χ1) is 3.97. The van der Waals surface area contributed by atoms with Gasteiger partial charge in [-0.3, -0.25) is 10.6 Å². The smallest absolute Gasteiger partial charge is 0.0871 e. The minimum atomic E-state index is 0.759. The normalized spacial score (nSPS) is 45.0. The second kappa shape index (κ2) is 1.71. The SMILES string of the molecule is [CH]1NC2CCCC2N1. The molecule has 1 saturated carbocycles. The Morgan fingerprint density at radius 2 is 1.75 bits per heavy atom. The van der Waals surface area contributed by atoms with Crippen LogP contribution < -0.4 is 10.6 Å². The molecule has 0 amide bonds. The summed E-state index contributed by atoms with van der Waals surface area (Å²) in [5.41, 5.74) is 0. The predicted octanol–water partition coefficient (Wildman–Crippen LogP) is 0.220. The van der Waals surface area contributed by atoms with E-state index in [9.17, 15) is 0 Å². The second-order valence-electron chi connectivity index (χ2n) is 2.62. The zero-order valence-electron chi connectivity index (χ0n) is 4.85. The van der Waals surface area contributed by atoms with Crippen LogP contribution in [0, 0.1) is 6.67 Å². The number of hydrogen-bond acceptors (Lipinski definition) is 2. The quantitative estimate of drug-likeness (QED) is 0.467. The maximum atomic E-state index is 3.28. The fraction of sp³-hybridized carbons (Fsp3) is 0.833. The molecule has 2 aliphatic rings. The first-order valence-corrected chi connectivity index (χ1v) is 3.30. The van der Waals surface area contributed by atoms with Crippen molar-refractivity contribution in [2.24, 2.45) is 0 Å². The Balaban J connectivity index is 2.04. The van der Waals surface area contributed by atoms with Crippen LogP contribution in [0.2, 0.25) is 0 Å². The number of rotatable bonds is 0. The van der Waals surface area contributed by atoms with Crippen LogP contribution in [-0.2, 0) is 0 Å². The molecule has 0 spiro atoms. The van der Waals surface area contributed by atoms with E-state index < -0.39 is 0 Å². The third-order valence-electron chi connectivity index (χ3n) is 2.11. The van der Waals surface area contributed by atoms with E-state index in [0.29, 0.717) is 0 Å². The Bertz CT molecular complexity index is 72.5. The summed E-state index contributed by atoms with van der Waals surface area (Å²) in [6.07, 6.45) is 4.10. The topological polar surface area (TPSA) is 24.1 Å². The van der Waals surface area contributed by atoms with Crippen molar-refractivity contribution >= 4 is 0 Å². The highest BCUT2D eigenvalue weighted by molar-refractivity contribution is 4.96. The van der Waals surface area contributed by atoms with Gasteiger partial charge in [-0.15, -0.1) is 0 Å². The lowest BCUT2D eigenvalue weighted by atomic mass is 10.2. The number of hydrogen-bond donors (Lipinski definition) is 2. The van der Waals surface area contributed by atoms with Gasteiger partial charge in [0.15, 0.2) is 0 Å². The molecule has 2 atom stereocenters. The van der Waals surface area contributed by atoms with Crippen molar-refractivity contribution in [3.63, 3.8) is 0 Å². The standard InChI is InChI=1S/C6H11N2/c1-2-5-6(3-1)8-4-7-5/h4-8H,1-3H2. The van der Waals surface area contributed by atoms with Crippen molar-refractivity contribution in [2.45, 2.75) is 31.3 Å². The zero-order valence-corrected chi connectivity index (χ0v) is 4.85. The van der Waals surface area contributed by atoms with Gasteiger partial charge in [0.2, 0.25) is 0 Å². The highest BCUT2D eigenvalue weighted by Gasteiger charge is 2.30. The van der Waals surface area contributed by atoms with E-state index in [4.69, 9.17) is 0 Å². The van der Waals surface area contributed by atoms with Crippen molar-refractivity contribution in [1.29, 1.82) is 0 Å². The molecule has 8 heavy (non-hydrogen) atoms. The number of nitrogens with one attached hydrogen (secondary N) is 2. The summed E-state index contributed by atoms with van der Waals surface area (Å²) in [7, 11) is 0. The van der Waals surface area contributed by atoms with Crippen molar-refractivity contribution in [1.82, 2.24) is 10.6 Å². The Kier molecular flexibility index (Phi) is 1.02. The molecular weight excluding hydrogens is 100 g/mol. The molecule has 1 saturated heterocycles. The minimum absolute atomic E-state index is 0.759. The van der Waals surface area contributed by atoms with Crippen LogP contribution >= 0.6 is 0 Å². The number of fused-ring (bicyclic) bond motifs is 1. The average molecular weight is 111 g/mol. The van der Waals surface area contributed by atoms with Crippen LogP contribution in [0.4, 0.5) is 0 Å². The molecular formula is C6H11N2. The van der Waals surface area contributed by atoms with E-state index in [2.05, 4.69) is 10.6 Å². The molecule has 0 aromatic rings. The van der Waals surface area contributed by atoms with E-state index >= 15 is 0 Å². The van der Waals surface area contributed by atoms with E-state index in [1.807, 2.05) is 6.67 Å². The molecule has 2 nitrogen and oxygen atoms in total. The molecule has 45 valence electrons. The van der Waals surface area contributed by atoms with E-state index in [1.165, 1.54) is 19.3 Å². The summed E-state index contributed by atoms with van der Waals surface area (Å²) < 4.78 is 0. The zero-order chi connectivity index (χ0) is 5.40. The van der Waals surface area contributed by atoms with Gasteiger partial charge in [-0.05, 0) is 12.8 Å². The van der Waals surface area contributed by atoms with Crippen molar-refractivity contribution < 1.29 is 0 Å². The lowest BCUT2D eigenvalue weighted by molar-refractivity contribution is 0.583. The molecule has 2 N–H and O–H groups in total. The predicted molar refractivity (Wildman–Crippen MR) is 32.0 cm³/mol. The minimum Gasteiger partial charge on any atom is -0.295 e. The molecule has 0 aromatic carbocycles. The lowest BCUT2D eigenvalue weighted by Crippen LogP contribution is -2.26. The van der Waals surface area contributed by atoms with E-state index in [-0.39, 0.29) is 0 Å². The monoisotopic (exact) mass is 111 g/mol. The average Bonchev–Trinajstić information content (AvgIpc) is 2.15. The lowest BCUT2D eigenvalue weighted by Gasteiger charge is -2.04. The van der Waals surface area contributed by atoms with Gasteiger partial charge < -0.3 is 0 Å². The largest absolute Gasteiger partial charge is 0.295 e. The Morgan fingerprint density at radius 1 is 1.12 bits per heavy atom. The van der Waals surface area contributed by atoms with Gasteiger partial charge in [-0.25, -0.2) is 0 Å². The summed E-state index contributed by atoms with van der Waals surface area (Å²) in [6, 6.07) is 1.52. The van der Waals surface area contributed by atoms with Gasteiger partial charge in [0.1, 0.15) is 0 Å². The summed E-state index contributed by atoms with van der Waals surface area (Å²) >= 11 is 0. The molecule has 0 aromatic heterocycles. The Hall–Kier alpha value is -0.0800. The summed E-state index contributed by atoms with van der Waals surface area (Å²) in [4.78, 5) is 0. The molecule has 2 unspecified atom stereocenters. The summed E-state index contributed by atoms with van der Waals surface area (Å²) in [5, 5.41) is 6.56. The third-order valence-corrected chi connectivity index (χ3v) is 2.11. The molecule has 2 rings (SSSR count). The maximum Gasteiger partial charge on any atom is 0.0871 e. The van der Waals surface area contributed by atoms with E-state index in [1.54, 1.807) is 0 Å². The van der Waals surface area contributed by atoms with Gasteiger partial charge in [-0.2, -0.15) is 0 Å². The van der Waals surface area contributed by atoms with Gasteiger partial charge in [-0.1, -0.05) is 6.42 Å². The fourth-order valence-corrected chi connectivity index (χ4v) is 1.62. The molecule has 1 heterocycles. The van der Waals surface area contributed by atoms with Crippen LogP contribution in [0.15, 0.2) is 0 Å². The Labute approximate surface area is 49.7 Å². The third kappa shape index (κ3) is 0.565. The second-order valence-corrected chi connectivity index (χ2v) is 2.62. The van der Waals surface area contributed by atoms with E-state index in [0.717, 1.165) is 12.1 Å². The molecule has 1 aliphatic carbocycles. The van der Waals surface area contributed by atoms with Gasteiger partial charge in [0, 0.05) is 12.1 Å². The van der Waals surface area contributed by atoms with Crippen LogP contribution in [0.5, 0.6) is 0 Å². The highest BCUT2D eigenvalue weighted by Crippen LogP contribution is 2.21. The Morgan fingerprint density at radius 3 is 2.38 bits per heavy atom. The molecule has 1 aliphatic heterocycles. The van der Waals surface area contributed by atoms with Crippen LogP contribution in [-0.4, -0.2) is 12.1 Å². The summed E-state index contributed by atoms with van der Waals surface area (Å²) in [5.74, 6) is 0. The van der Waals surface area contributed by atoms with Gasteiger partial charge in [0.25, 0.3) is 0 Å². The van der Waals surface area contributed by atoms with Gasteiger partial charge in [0.05, 0.1) is 6.67 Å². The van der Waals surface area contributed by atoms with Crippen LogP contribution in [0.3, 0.4) is 0 Å². The summed E-state index contributed by atoms with van der Waals surface area (Å²) in [6.45, 7) is 1.98. The molecule has 0 bridgehead atoms. The van der Waals surface area contributed by atoms with Crippen molar-refractivity contribution in [3.8, 4) is 0 Å². The van der Waals surface area contributed by atoms with Crippen molar-refractivity contribution in [2.75, 3.05) is 0 Å². The van der Waals surface area contributed by atoms with Gasteiger partial charge >= 0.3 is 0 Å². The first-order valence-electron chi connectivity index (χ1n) is 3.30. The molecule has 1 radical (unpaired) electrons. The molecule has 2 fully saturated rings. The fourth-order valence-electron chi connectivity index (χ4n) is 1.62. The highest BCUT2D eigenvalue weighted by atomic mass is 15.2. The van der Waals surface area contributed by atoms with Crippen LogP contribution in [0.1, 0.15) is 19.3 Å². The molecule has 2 heteroatoms. The van der Waals surface area contributed by atoms with Crippen molar-refractivity contribution in [3.05, 3.63) is 6.67 Å².